The molecule has 1 amide bonds. The first-order valence-electron chi connectivity index (χ1n) is 9.08. The van der Waals surface area contributed by atoms with Crippen molar-refractivity contribution in [2.75, 3.05) is 32.0 Å². The van der Waals surface area contributed by atoms with Gasteiger partial charge >= 0.3 is 0 Å². The maximum Gasteiger partial charge on any atom is 0.255 e. The van der Waals surface area contributed by atoms with Gasteiger partial charge in [-0.1, -0.05) is 6.07 Å². The van der Waals surface area contributed by atoms with Crippen molar-refractivity contribution >= 4 is 23.0 Å². The Morgan fingerprint density at radius 3 is 1.97 bits per heavy atom. The van der Waals surface area contributed by atoms with Gasteiger partial charge in [-0.05, 0) is 61.0 Å². The highest BCUT2D eigenvalue weighted by atomic mass is 16.5. The molecule has 2 N–H and O–H groups in total. The second-order valence-corrected chi connectivity index (χ2v) is 6.46. The number of rotatable bonds is 7. The van der Waals surface area contributed by atoms with E-state index in [0.29, 0.717) is 22.7 Å². The van der Waals surface area contributed by atoms with Crippen LogP contribution in [0, 0.1) is 6.92 Å². The lowest BCUT2D eigenvalue weighted by atomic mass is 10.1. The van der Waals surface area contributed by atoms with Gasteiger partial charge in [0.2, 0.25) is 0 Å². The van der Waals surface area contributed by atoms with E-state index in [0.717, 1.165) is 22.7 Å². The minimum absolute atomic E-state index is 0.247. The number of benzene rings is 3. The summed E-state index contributed by atoms with van der Waals surface area (Å²) in [4.78, 5) is 12.6. The predicted octanol–water partition coefficient (Wildman–Crippen LogP) is 5.02. The molecule has 0 spiro atoms. The second kappa shape index (κ2) is 9.01. The van der Waals surface area contributed by atoms with Crippen molar-refractivity contribution in [3.05, 3.63) is 71.8 Å². The largest absolute Gasteiger partial charge is 0.497 e. The van der Waals surface area contributed by atoms with E-state index in [1.807, 2.05) is 49.4 Å². The van der Waals surface area contributed by atoms with Crippen molar-refractivity contribution in [1.29, 1.82) is 0 Å². The van der Waals surface area contributed by atoms with Crippen LogP contribution in [0.2, 0.25) is 0 Å². The standard InChI is InChI=1S/C23H24N2O4/c1-15-5-10-22(29-4)21(11-15)24-17-6-8-18(9-7-17)25-23(26)16-12-19(27-2)14-20(13-16)28-3/h5-14,24H,1-4H3,(H,25,26). The first-order valence-corrected chi connectivity index (χ1v) is 9.08. The SMILES string of the molecule is COc1cc(OC)cc(C(=O)Nc2ccc(Nc3cc(C)ccc3OC)cc2)c1. The van der Waals surface area contributed by atoms with E-state index in [1.165, 1.54) is 0 Å². The molecule has 0 saturated carbocycles. The topological polar surface area (TPSA) is 68.8 Å². The van der Waals surface area contributed by atoms with Crippen LogP contribution in [0.5, 0.6) is 17.2 Å². The molecule has 29 heavy (non-hydrogen) atoms. The molecule has 0 aliphatic carbocycles. The highest BCUT2D eigenvalue weighted by Gasteiger charge is 2.11. The maximum absolute atomic E-state index is 12.6. The van der Waals surface area contributed by atoms with Gasteiger partial charge in [0.1, 0.15) is 17.2 Å². The summed E-state index contributed by atoms with van der Waals surface area (Å²) in [6.45, 7) is 2.02. The van der Waals surface area contributed by atoms with E-state index in [9.17, 15) is 4.79 Å². The third kappa shape index (κ3) is 4.99. The number of anilines is 3. The van der Waals surface area contributed by atoms with E-state index < -0.39 is 0 Å². The maximum atomic E-state index is 12.6. The molecule has 0 unspecified atom stereocenters. The zero-order valence-corrected chi connectivity index (χ0v) is 16.9. The zero-order chi connectivity index (χ0) is 20.8. The summed E-state index contributed by atoms with van der Waals surface area (Å²) in [6, 6.07) is 18.4. The number of carbonyl (C=O) groups excluding carboxylic acids is 1. The van der Waals surface area contributed by atoms with Gasteiger partial charge in [-0.15, -0.1) is 0 Å². The van der Waals surface area contributed by atoms with Crippen LogP contribution >= 0.6 is 0 Å². The van der Waals surface area contributed by atoms with Gasteiger partial charge in [0.15, 0.2) is 0 Å². The van der Waals surface area contributed by atoms with Crippen molar-refractivity contribution in [2.24, 2.45) is 0 Å². The van der Waals surface area contributed by atoms with Crippen LogP contribution in [-0.4, -0.2) is 27.2 Å². The average molecular weight is 392 g/mol. The molecule has 0 aliphatic rings. The van der Waals surface area contributed by atoms with Gasteiger partial charge in [-0.25, -0.2) is 0 Å². The number of nitrogens with one attached hydrogen (secondary N) is 2. The summed E-state index contributed by atoms with van der Waals surface area (Å²) >= 11 is 0. The third-order valence-corrected chi connectivity index (χ3v) is 4.39. The van der Waals surface area contributed by atoms with Crippen LogP contribution in [0.1, 0.15) is 15.9 Å². The Kier molecular flexibility index (Phi) is 6.24. The first kappa shape index (κ1) is 20.1. The van der Waals surface area contributed by atoms with Crippen LogP contribution in [0.3, 0.4) is 0 Å². The van der Waals surface area contributed by atoms with Gasteiger partial charge < -0.3 is 24.8 Å². The van der Waals surface area contributed by atoms with E-state index in [2.05, 4.69) is 10.6 Å². The van der Waals surface area contributed by atoms with E-state index in [-0.39, 0.29) is 5.91 Å². The van der Waals surface area contributed by atoms with Crippen molar-refractivity contribution < 1.29 is 19.0 Å². The normalized spacial score (nSPS) is 10.2. The molecule has 6 nitrogen and oxygen atoms in total. The van der Waals surface area contributed by atoms with Gasteiger partial charge in [-0.2, -0.15) is 0 Å². The summed E-state index contributed by atoms with van der Waals surface area (Å²) in [5.74, 6) is 1.63. The second-order valence-electron chi connectivity index (χ2n) is 6.46. The molecule has 0 bridgehead atoms. The number of carbonyl (C=O) groups is 1. The van der Waals surface area contributed by atoms with E-state index >= 15 is 0 Å². The fourth-order valence-electron chi connectivity index (χ4n) is 2.85. The quantitative estimate of drug-likeness (QED) is 0.591. The number of aryl methyl sites for hydroxylation is 1. The molecule has 6 heteroatoms. The van der Waals surface area contributed by atoms with Gasteiger partial charge in [-0.3, -0.25) is 4.79 Å². The molecule has 0 saturated heterocycles. The smallest absolute Gasteiger partial charge is 0.255 e. The summed E-state index contributed by atoms with van der Waals surface area (Å²) in [7, 11) is 4.73. The molecule has 150 valence electrons. The summed E-state index contributed by atoms with van der Waals surface area (Å²) in [5.41, 5.74) is 4.03. The number of hydrogen-bond acceptors (Lipinski definition) is 5. The number of ether oxygens (including phenoxy) is 3. The lowest BCUT2D eigenvalue weighted by molar-refractivity contribution is 0.102. The van der Waals surface area contributed by atoms with E-state index in [1.54, 1.807) is 39.5 Å². The molecule has 3 aromatic carbocycles. The Hall–Kier alpha value is -3.67. The predicted molar refractivity (Wildman–Crippen MR) is 115 cm³/mol. The lowest BCUT2D eigenvalue weighted by Crippen LogP contribution is -2.12. The minimum Gasteiger partial charge on any atom is -0.497 e. The number of hydrogen-bond donors (Lipinski definition) is 2. The molecule has 0 radical (unpaired) electrons. The Labute approximate surface area is 170 Å². The van der Waals surface area contributed by atoms with Gasteiger partial charge in [0.25, 0.3) is 5.91 Å². The highest BCUT2D eigenvalue weighted by Crippen LogP contribution is 2.29. The highest BCUT2D eigenvalue weighted by molar-refractivity contribution is 6.04. The molecule has 0 atom stereocenters. The molecule has 0 aromatic heterocycles. The van der Waals surface area contributed by atoms with Crippen LogP contribution in [0.15, 0.2) is 60.7 Å². The molecular formula is C23H24N2O4. The van der Waals surface area contributed by atoms with Crippen LogP contribution in [-0.2, 0) is 0 Å². The fourth-order valence-corrected chi connectivity index (χ4v) is 2.85. The summed E-state index contributed by atoms with van der Waals surface area (Å²) < 4.78 is 15.8. The van der Waals surface area contributed by atoms with Crippen LogP contribution < -0.4 is 24.8 Å². The Morgan fingerprint density at radius 1 is 0.759 bits per heavy atom. The fraction of sp³-hybridized carbons (Fsp3) is 0.174. The van der Waals surface area contributed by atoms with Crippen molar-refractivity contribution in [2.45, 2.75) is 6.92 Å². The van der Waals surface area contributed by atoms with Gasteiger partial charge in [0, 0.05) is 23.0 Å². The number of amides is 1. The summed E-state index contributed by atoms with van der Waals surface area (Å²) in [6.07, 6.45) is 0. The third-order valence-electron chi connectivity index (χ3n) is 4.39. The van der Waals surface area contributed by atoms with Crippen molar-refractivity contribution in [1.82, 2.24) is 0 Å². The Balaban J connectivity index is 1.73. The monoisotopic (exact) mass is 392 g/mol. The lowest BCUT2D eigenvalue weighted by Gasteiger charge is -2.13. The van der Waals surface area contributed by atoms with Crippen LogP contribution in [0.25, 0.3) is 0 Å². The van der Waals surface area contributed by atoms with Crippen molar-refractivity contribution in [3.63, 3.8) is 0 Å². The minimum atomic E-state index is -0.247. The molecule has 0 heterocycles. The van der Waals surface area contributed by atoms with Crippen LogP contribution in [0.4, 0.5) is 17.1 Å². The molecule has 3 rings (SSSR count). The Morgan fingerprint density at radius 2 is 1.38 bits per heavy atom. The van der Waals surface area contributed by atoms with Gasteiger partial charge in [0.05, 0.1) is 27.0 Å². The number of methoxy groups -OCH3 is 3. The molecule has 0 aliphatic heterocycles. The summed E-state index contributed by atoms with van der Waals surface area (Å²) in [5, 5.41) is 6.22. The molecule has 0 fully saturated rings. The van der Waals surface area contributed by atoms with Crippen molar-refractivity contribution in [3.8, 4) is 17.2 Å². The molecule has 3 aromatic rings. The van der Waals surface area contributed by atoms with E-state index in [4.69, 9.17) is 14.2 Å². The average Bonchev–Trinajstić information content (AvgIpc) is 2.74. The first-order chi connectivity index (χ1) is 14.0. The molecular weight excluding hydrogens is 368 g/mol. The Bertz CT molecular complexity index is 978. The zero-order valence-electron chi connectivity index (χ0n) is 16.9.